The summed E-state index contributed by atoms with van der Waals surface area (Å²) in [5.74, 6) is 0.288. The summed E-state index contributed by atoms with van der Waals surface area (Å²) < 4.78 is 4.64. The minimum Gasteiger partial charge on any atom is -0.469 e. The SMILES string of the molecule is CCCCCC(O)(CCCCC)CS[C@H]1C(O)CC(=O)[C@@H]1CC=CCCCC(=O)OC. The van der Waals surface area contributed by atoms with Crippen LogP contribution < -0.4 is 0 Å². The van der Waals surface area contributed by atoms with Crippen LogP contribution in [-0.2, 0) is 14.3 Å². The number of hydrogen-bond acceptors (Lipinski definition) is 6. The first-order chi connectivity index (χ1) is 14.9. The Labute approximate surface area is 193 Å². The third-order valence-corrected chi connectivity index (χ3v) is 7.90. The Balaban J connectivity index is 2.60. The molecule has 5 nitrogen and oxygen atoms in total. The number of aliphatic hydroxyl groups is 2. The van der Waals surface area contributed by atoms with E-state index in [1.54, 1.807) is 11.8 Å². The lowest BCUT2D eigenvalue weighted by molar-refractivity contribution is -0.140. The molecule has 0 aromatic rings. The Morgan fingerprint density at radius 2 is 1.77 bits per heavy atom. The molecule has 0 bridgehead atoms. The van der Waals surface area contributed by atoms with Crippen molar-refractivity contribution in [3.05, 3.63) is 12.2 Å². The van der Waals surface area contributed by atoms with E-state index in [2.05, 4.69) is 18.6 Å². The normalized spacial score (nSPS) is 21.8. The number of unbranched alkanes of at least 4 members (excludes halogenated alkanes) is 5. The number of ketones is 1. The van der Waals surface area contributed by atoms with Gasteiger partial charge in [0.1, 0.15) is 5.78 Å². The molecule has 6 heteroatoms. The average Bonchev–Trinajstić information content (AvgIpc) is 3.01. The number of esters is 1. The molecule has 1 fully saturated rings. The largest absolute Gasteiger partial charge is 0.469 e. The molecule has 3 atom stereocenters. The molecule has 0 aliphatic heterocycles. The van der Waals surface area contributed by atoms with E-state index < -0.39 is 11.7 Å². The maximum Gasteiger partial charge on any atom is 0.305 e. The summed E-state index contributed by atoms with van der Waals surface area (Å²) in [7, 11) is 1.39. The van der Waals surface area contributed by atoms with Gasteiger partial charge in [0.2, 0.25) is 0 Å². The molecule has 1 saturated carbocycles. The number of hydrogen-bond donors (Lipinski definition) is 2. The fourth-order valence-electron chi connectivity index (χ4n) is 4.17. The van der Waals surface area contributed by atoms with Crippen molar-refractivity contribution in [2.24, 2.45) is 5.92 Å². The lowest BCUT2D eigenvalue weighted by Crippen LogP contribution is -2.35. The quantitative estimate of drug-likeness (QED) is 0.177. The Hall–Kier alpha value is -0.850. The Morgan fingerprint density at radius 1 is 1.13 bits per heavy atom. The van der Waals surface area contributed by atoms with Crippen LogP contribution in [-0.4, -0.2) is 51.8 Å². The standard InChI is InChI=1S/C25H44O5S/c1-4-6-12-16-25(29,17-13-7-5-2)19-31-24-20(21(26)18-22(24)27)14-10-8-9-11-15-23(28)30-3/h8,10,20,22,24,27,29H,4-7,9,11-19H2,1-3H3/t20-,22?,24+/m0/s1. The fraction of sp³-hybridized carbons (Fsp3) is 0.840. The number of carbonyl (C=O) groups is 2. The predicted octanol–water partition coefficient (Wildman–Crippen LogP) is 5.22. The lowest BCUT2D eigenvalue weighted by atomic mass is 9.92. The lowest BCUT2D eigenvalue weighted by Gasteiger charge is -2.31. The van der Waals surface area contributed by atoms with Gasteiger partial charge in [-0.3, -0.25) is 9.59 Å². The van der Waals surface area contributed by atoms with E-state index in [-0.39, 0.29) is 29.3 Å². The molecule has 1 aliphatic carbocycles. The number of ether oxygens (including phenoxy) is 1. The van der Waals surface area contributed by atoms with E-state index in [9.17, 15) is 19.8 Å². The van der Waals surface area contributed by atoms with Crippen LogP contribution in [0.3, 0.4) is 0 Å². The highest BCUT2D eigenvalue weighted by molar-refractivity contribution is 8.00. The number of aliphatic hydroxyl groups excluding tert-OH is 1. The van der Waals surface area contributed by atoms with Crippen LogP contribution >= 0.6 is 11.8 Å². The molecular weight excluding hydrogens is 412 g/mol. The molecule has 0 aromatic carbocycles. The van der Waals surface area contributed by atoms with Crippen molar-refractivity contribution in [1.29, 1.82) is 0 Å². The summed E-state index contributed by atoms with van der Waals surface area (Å²) in [5.41, 5.74) is -0.714. The monoisotopic (exact) mass is 456 g/mol. The van der Waals surface area contributed by atoms with Gasteiger partial charge in [-0.1, -0.05) is 64.5 Å². The van der Waals surface area contributed by atoms with Crippen molar-refractivity contribution in [2.75, 3.05) is 12.9 Å². The number of allylic oxidation sites excluding steroid dienone is 2. The summed E-state index contributed by atoms with van der Waals surface area (Å²) >= 11 is 1.59. The van der Waals surface area contributed by atoms with Crippen molar-refractivity contribution < 1.29 is 24.5 Å². The van der Waals surface area contributed by atoms with Crippen LogP contribution in [0.15, 0.2) is 12.2 Å². The summed E-state index contributed by atoms with van der Waals surface area (Å²) in [6.07, 6.45) is 14.2. The zero-order valence-corrected chi connectivity index (χ0v) is 20.6. The molecule has 0 aromatic heterocycles. The fourth-order valence-corrected chi connectivity index (χ4v) is 5.78. The molecule has 1 aliphatic rings. The van der Waals surface area contributed by atoms with Crippen LogP contribution in [0.1, 0.15) is 97.3 Å². The predicted molar refractivity (Wildman–Crippen MR) is 128 cm³/mol. The molecule has 0 heterocycles. The van der Waals surface area contributed by atoms with E-state index in [4.69, 9.17) is 0 Å². The van der Waals surface area contributed by atoms with Crippen LogP contribution in [0.2, 0.25) is 0 Å². The van der Waals surface area contributed by atoms with E-state index in [1.165, 1.54) is 7.11 Å². The minimum atomic E-state index is -0.714. The van der Waals surface area contributed by atoms with Gasteiger partial charge < -0.3 is 14.9 Å². The molecule has 0 saturated heterocycles. The van der Waals surface area contributed by atoms with Gasteiger partial charge >= 0.3 is 5.97 Å². The van der Waals surface area contributed by atoms with Crippen molar-refractivity contribution in [3.63, 3.8) is 0 Å². The third-order valence-electron chi connectivity index (χ3n) is 6.17. The zero-order valence-electron chi connectivity index (χ0n) is 19.8. The van der Waals surface area contributed by atoms with Crippen molar-refractivity contribution in [3.8, 4) is 0 Å². The number of thioether (sulfide) groups is 1. The van der Waals surface area contributed by atoms with E-state index in [0.29, 0.717) is 18.6 Å². The zero-order chi connectivity index (χ0) is 23.1. The third kappa shape index (κ3) is 11.0. The van der Waals surface area contributed by atoms with Crippen LogP contribution in [0.4, 0.5) is 0 Å². The van der Waals surface area contributed by atoms with Crippen LogP contribution in [0.25, 0.3) is 0 Å². The van der Waals surface area contributed by atoms with E-state index >= 15 is 0 Å². The van der Waals surface area contributed by atoms with Crippen LogP contribution in [0, 0.1) is 5.92 Å². The van der Waals surface area contributed by atoms with E-state index in [1.807, 2.05) is 12.2 Å². The minimum absolute atomic E-state index is 0.115. The highest BCUT2D eigenvalue weighted by Crippen LogP contribution is 2.38. The van der Waals surface area contributed by atoms with Gasteiger partial charge in [0.15, 0.2) is 0 Å². The number of rotatable bonds is 17. The highest BCUT2D eigenvalue weighted by atomic mass is 32.2. The molecule has 0 spiro atoms. The van der Waals surface area contributed by atoms with Gasteiger partial charge in [-0.15, -0.1) is 0 Å². The second-order valence-electron chi connectivity index (χ2n) is 8.93. The highest BCUT2D eigenvalue weighted by Gasteiger charge is 2.42. The van der Waals surface area contributed by atoms with Gasteiger partial charge in [0.25, 0.3) is 0 Å². The summed E-state index contributed by atoms with van der Waals surface area (Å²) in [6.45, 7) is 4.33. The van der Waals surface area contributed by atoms with Gasteiger partial charge in [0, 0.05) is 29.8 Å². The molecule has 2 N–H and O–H groups in total. The molecule has 1 rings (SSSR count). The van der Waals surface area contributed by atoms with Crippen molar-refractivity contribution >= 4 is 23.5 Å². The molecule has 180 valence electrons. The number of Topliss-reactive ketones (excluding diaryl/α,β-unsaturated/α-hetero) is 1. The Kier molecular flexibility index (Phi) is 14.4. The van der Waals surface area contributed by atoms with Gasteiger partial charge in [0.05, 0.1) is 18.8 Å². The van der Waals surface area contributed by atoms with Crippen LogP contribution in [0.5, 0.6) is 0 Å². The molecule has 0 radical (unpaired) electrons. The Bertz CT molecular complexity index is 538. The summed E-state index contributed by atoms with van der Waals surface area (Å²) in [5, 5.41) is 21.6. The Morgan fingerprint density at radius 3 is 2.35 bits per heavy atom. The molecule has 1 unspecified atom stereocenters. The summed E-state index contributed by atoms with van der Waals surface area (Å²) in [4.78, 5) is 23.6. The average molecular weight is 457 g/mol. The molecule has 31 heavy (non-hydrogen) atoms. The van der Waals surface area contributed by atoms with Gasteiger partial charge in [-0.2, -0.15) is 11.8 Å². The first-order valence-electron chi connectivity index (χ1n) is 12.1. The first kappa shape index (κ1) is 28.2. The molecule has 0 amide bonds. The van der Waals surface area contributed by atoms with Crippen molar-refractivity contribution in [2.45, 2.75) is 114 Å². The summed E-state index contributed by atoms with van der Waals surface area (Å²) in [6, 6.07) is 0. The maximum atomic E-state index is 12.5. The number of methoxy groups -OCH3 is 1. The van der Waals surface area contributed by atoms with E-state index in [0.717, 1.165) is 64.2 Å². The number of carbonyl (C=O) groups excluding carboxylic acids is 2. The molecular formula is C25H44O5S. The van der Waals surface area contributed by atoms with Crippen molar-refractivity contribution in [1.82, 2.24) is 0 Å². The van der Waals surface area contributed by atoms with Gasteiger partial charge in [-0.25, -0.2) is 0 Å². The second-order valence-corrected chi connectivity index (χ2v) is 10.1. The second kappa shape index (κ2) is 15.9. The first-order valence-corrected chi connectivity index (χ1v) is 13.2. The topological polar surface area (TPSA) is 83.8 Å². The smallest absolute Gasteiger partial charge is 0.305 e. The maximum absolute atomic E-state index is 12.5. The van der Waals surface area contributed by atoms with Gasteiger partial charge in [-0.05, 0) is 32.1 Å².